The number of carbonyl (C=O) groups excluding carboxylic acids is 2. The van der Waals surface area contributed by atoms with E-state index < -0.39 is 0 Å². The third kappa shape index (κ3) is 3.43. The lowest BCUT2D eigenvalue weighted by Gasteiger charge is -2.39. The summed E-state index contributed by atoms with van der Waals surface area (Å²) < 4.78 is 4.69. The molecular formula is C18H23N3O3. The Balaban J connectivity index is 1.62. The van der Waals surface area contributed by atoms with Gasteiger partial charge in [-0.1, -0.05) is 18.2 Å². The van der Waals surface area contributed by atoms with Crippen molar-refractivity contribution in [1.29, 1.82) is 0 Å². The smallest absolute Gasteiger partial charge is 0.306 e. The van der Waals surface area contributed by atoms with E-state index in [0.29, 0.717) is 31.7 Å². The summed E-state index contributed by atoms with van der Waals surface area (Å²) in [6.45, 7) is 4.85. The molecule has 1 N–H and O–H groups in total. The zero-order valence-corrected chi connectivity index (χ0v) is 14.1. The maximum absolute atomic E-state index is 12.7. The van der Waals surface area contributed by atoms with Crippen LogP contribution in [0.15, 0.2) is 30.3 Å². The number of hydrogen-bond acceptors (Lipinski definition) is 4. The second-order valence-corrected chi connectivity index (χ2v) is 6.23. The molecule has 3 rings (SSSR count). The van der Waals surface area contributed by atoms with E-state index in [1.807, 2.05) is 35.2 Å². The van der Waals surface area contributed by atoms with Crippen LogP contribution >= 0.6 is 0 Å². The third-order valence-electron chi connectivity index (χ3n) is 4.64. The van der Waals surface area contributed by atoms with E-state index in [1.165, 1.54) is 7.11 Å². The fourth-order valence-electron chi connectivity index (χ4n) is 3.21. The monoisotopic (exact) mass is 329 g/mol. The molecule has 2 heterocycles. The fraction of sp³-hybridized carbons (Fsp3) is 0.444. The molecule has 0 saturated carbocycles. The summed E-state index contributed by atoms with van der Waals surface area (Å²) in [5, 5.41) is 1.05. The Morgan fingerprint density at radius 3 is 2.79 bits per heavy atom. The van der Waals surface area contributed by atoms with Crippen molar-refractivity contribution in [2.24, 2.45) is 0 Å². The van der Waals surface area contributed by atoms with Crippen molar-refractivity contribution in [2.45, 2.75) is 19.4 Å². The number of nitrogens with zero attached hydrogens (tertiary/aromatic N) is 2. The number of methoxy groups -OCH3 is 1. The van der Waals surface area contributed by atoms with Gasteiger partial charge < -0.3 is 14.6 Å². The van der Waals surface area contributed by atoms with E-state index in [0.717, 1.165) is 17.4 Å². The second-order valence-electron chi connectivity index (χ2n) is 6.23. The zero-order chi connectivity index (χ0) is 17.1. The highest BCUT2D eigenvalue weighted by Gasteiger charge is 2.28. The Hall–Kier alpha value is -2.34. The molecule has 1 aromatic carbocycles. The van der Waals surface area contributed by atoms with Crippen molar-refractivity contribution < 1.29 is 14.3 Å². The summed E-state index contributed by atoms with van der Waals surface area (Å²) in [5.41, 5.74) is 1.61. The largest absolute Gasteiger partial charge is 0.469 e. The molecule has 6 nitrogen and oxygen atoms in total. The summed E-state index contributed by atoms with van der Waals surface area (Å²) in [4.78, 5) is 31.3. The van der Waals surface area contributed by atoms with Crippen molar-refractivity contribution in [2.75, 3.05) is 33.3 Å². The number of carbonyl (C=O) groups is 2. The van der Waals surface area contributed by atoms with Crippen molar-refractivity contribution in [3.05, 3.63) is 36.0 Å². The van der Waals surface area contributed by atoms with Gasteiger partial charge in [0.15, 0.2) is 0 Å². The number of amides is 1. The predicted octanol–water partition coefficient (Wildman–Crippen LogP) is 1.88. The zero-order valence-electron chi connectivity index (χ0n) is 14.1. The third-order valence-corrected chi connectivity index (χ3v) is 4.64. The maximum atomic E-state index is 12.7. The first-order valence-corrected chi connectivity index (χ1v) is 8.26. The molecular weight excluding hydrogens is 306 g/mol. The number of aromatic amines is 1. The van der Waals surface area contributed by atoms with Gasteiger partial charge in [0.1, 0.15) is 5.69 Å². The summed E-state index contributed by atoms with van der Waals surface area (Å²) in [6, 6.07) is 10.0. The molecule has 6 heteroatoms. The van der Waals surface area contributed by atoms with Gasteiger partial charge in [-0.05, 0) is 19.1 Å². The quantitative estimate of drug-likeness (QED) is 0.870. The number of benzene rings is 1. The number of H-pyrrole nitrogens is 1. The van der Waals surface area contributed by atoms with Crippen molar-refractivity contribution in [3.8, 4) is 0 Å². The molecule has 1 amide bonds. The molecule has 1 atom stereocenters. The summed E-state index contributed by atoms with van der Waals surface area (Å²) in [5.74, 6) is -0.163. The summed E-state index contributed by atoms with van der Waals surface area (Å²) >= 11 is 0. The highest BCUT2D eigenvalue weighted by molar-refractivity contribution is 5.98. The van der Waals surface area contributed by atoms with E-state index in [2.05, 4.69) is 21.5 Å². The van der Waals surface area contributed by atoms with Crippen LogP contribution in [0.1, 0.15) is 23.8 Å². The van der Waals surface area contributed by atoms with E-state index in [4.69, 9.17) is 0 Å². The Bertz CT molecular complexity index is 707. The first-order valence-electron chi connectivity index (χ1n) is 8.26. The van der Waals surface area contributed by atoms with Crippen LogP contribution in [0.5, 0.6) is 0 Å². The standard InChI is InChI=1S/C18H23N3O3/c1-13-12-21(10-9-20(13)8-7-17(22)24-2)18(23)16-11-14-5-3-4-6-15(14)19-16/h3-6,11,13,19H,7-10,12H2,1-2H3/t13-/m0/s1. The van der Waals surface area contributed by atoms with E-state index in [-0.39, 0.29) is 17.9 Å². The topological polar surface area (TPSA) is 65.6 Å². The number of fused-ring (bicyclic) bond motifs is 1. The molecule has 1 aromatic heterocycles. The second kappa shape index (κ2) is 7.05. The minimum atomic E-state index is -0.196. The van der Waals surface area contributed by atoms with Gasteiger partial charge in [0.25, 0.3) is 5.91 Å². The molecule has 2 aromatic rings. The summed E-state index contributed by atoms with van der Waals surface area (Å²) in [7, 11) is 1.41. The lowest BCUT2D eigenvalue weighted by Crippen LogP contribution is -2.54. The Kier molecular flexibility index (Phi) is 4.85. The number of aromatic nitrogens is 1. The Labute approximate surface area is 141 Å². The highest BCUT2D eigenvalue weighted by atomic mass is 16.5. The first-order chi connectivity index (χ1) is 11.6. The molecule has 1 saturated heterocycles. The highest BCUT2D eigenvalue weighted by Crippen LogP contribution is 2.18. The molecule has 1 aliphatic heterocycles. The number of hydrogen-bond donors (Lipinski definition) is 1. The lowest BCUT2D eigenvalue weighted by atomic mass is 10.1. The lowest BCUT2D eigenvalue weighted by molar-refractivity contribution is -0.141. The molecule has 1 aliphatic rings. The van der Waals surface area contributed by atoms with Crippen LogP contribution in [-0.2, 0) is 9.53 Å². The van der Waals surface area contributed by atoms with Crippen LogP contribution in [0.25, 0.3) is 10.9 Å². The molecule has 1 fully saturated rings. The van der Waals surface area contributed by atoms with Gasteiger partial charge in [0, 0.05) is 43.1 Å². The minimum absolute atomic E-state index is 0.0330. The average molecular weight is 329 g/mol. The van der Waals surface area contributed by atoms with Crippen LogP contribution < -0.4 is 0 Å². The van der Waals surface area contributed by atoms with Crippen molar-refractivity contribution >= 4 is 22.8 Å². The van der Waals surface area contributed by atoms with Crippen LogP contribution in [0.3, 0.4) is 0 Å². The van der Waals surface area contributed by atoms with Gasteiger partial charge in [0.2, 0.25) is 0 Å². The van der Waals surface area contributed by atoms with Crippen LogP contribution in [-0.4, -0.2) is 66.0 Å². The van der Waals surface area contributed by atoms with Gasteiger partial charge in [-0.2, -0.15) is 0 Å². The van der Waals surface area contributed by atoms with Gasteiger partial charge in [-0.15, -0.1) is 0 Å². The summed E-state index contributed by atoms with van der Waals surface area (Å²) in [6.07, 6.45) is 0.386. The SMILES string of the molecule is COC(=O)CCN1CCN(C(=O)c2cc3ccccc3[nH]2)C[C@@H]1C. The number of nitrogens with one attached hydrogen (secondary N) is 1. The first kappa shape index (κ1) is 16.5. The van der Waals surface area contributed by atoms with Crippen molar-refractivity contribution in [3.63, 3.8) is 0 Å². The van der Waals surface area contributed by atoms with E-state index in [1.54, 1.807) is 0 Å². The van der Waals surface area contributed by atoms with Gasteiger partial charge in [0.05, 0.1) is 13.5 Å². The molecule has 0 aliphatic carbocycles. The van der Waals surface area contributed by atoms with Crippen LogP contribution in [0, 0.1) is 0 Å². The molecule has 0 bridgehead atoms. The normalized spacial score (nSPS) is 18.8. The van der Waals surface area contributed by atoms with E-state index in [9.17, 15) is 9.59 Å². The molecule has 128 valence electrons. The van der Waals surface area contributed by atoms with Crippen molar-refractivity contribution in [1.82, 2.24) is 14.8 Å². The van der Waals surface area contributed by atoms with Gasteiger partial charge in [-0.3, -0.25) is 14.5 Å². The number of ether oxygens (including phenoxy) is 1. The average Bonchev–Trinajstić information content (AvgIpc) is 3.03. The molecule has 0 spiro atoms. The van der Waals surface area contributed by atoms with Gasteiger partial charge >= 0.3 is 5.97 Å². The van der Waals surface area contributed by atoms with Crippen LogP contribution in [0.2, 0.25) is 0 Å². The Morgan fingerprint density at radius 2 is 2.08 bits per heavy atom. The fourth-order valence-corrected chi connectivity index (χ4v) is 3.21. The minimum Gasteiger partial charge on any atom is -0.469 e. The number of rotatable bonds is 4. The van der Waals surface area contributed by atoms with Crippen LogP contribution in [0.4, 0.5) is 0 Å². The number of esters is 1. The molecule has 0 radical (unpaired) electrons. The molecule has 0 unspecified atom stereocenters. The number of piperazine rings is 1. The predicted molar refractivity (Wildman–Crippen MR) is 91.9 cm³/mol. The molecule has 24 heavy (non-hydrogen) atoms. The Morgan fingerprint density at radius 1 is 1.29 bits per heavy atom. The maximum Gasteiger partial charge on any atom is 0.306 e. The van der Waals surface area contributed by atoms with E-state index >= 15 is 0 Å². The number of para-hydroxylation sites is 1. The van der Waals surface area contributed by atoms with Gasteiger partial charge in [-0.25, -0.2) is 0 Å².